The number of aromatic nitrogens is 2. The van der Waals surface area contributed by atoms with E-state index < -0.39 is 0 Å². The number of thiazole rings is 1. The van der Waals surface area contributed by atoms with Crippen molar-refractivity contribution >= 4 is 45.0 Å². The number of aryl methyl sites for hydroxylation is 1. The summed E-state index contributed by atoms with van der Waals surface area (Å²) in [5.74, 6) is 0.826. The summed E-state index contributed by atoms with van der Waals surface area (Å²) < 4.78 is 0. The van der Waals surface area contributed by atoms with E-state index in [1.54, 1.807) is 29.3 Å². The fraction of sp³-hybridized carbons (Fsp3) is 0.136. The molecular weight excluding hydrogens is 386 g/mol. The number of hydrogen-bond donors (Lipinski definition) is 1. The van der Waals surface area contributed by atoms with Crippen LogP contribution in [-0.2, 0) is 0 Å². The van der Waals surface area contributed by atoms with E-state index in [1.807, 2.05) is 61.5 Å². The van der Waals surface area contributed by atoms with Crippen molar-refractivity contribution in [2.45, 2.75) is 18.7 Å². The number of nitrogens with one attached hydrogen (secondary N) is 1. The highest BCUT2D eigenvalue weighted by atomic mass is 32.2. The summed E-state index contributed by atoms with van der Waals surface area (Å²) in [5, 5.41) is 3.97. The Kier molecular flexibility index (Phi) is 5.41. The number of thioether (sulfide) groups is 1. The Morgan fingerprint density at radius 3 is 2.82 bits per heavy atom. The van der Waals surface area contributed by atoms with Crippen LogP contribution in [-0.4, -0.2) is 21.6 Å². The molecule has 6 heteroatoms. The second-order valence-corrected chi connectivity index (χ2v) is 8.54. The molecule has 140 valence electrons. The first-order chi connectivity index (χ1) is 13.7. The first-order valence-corrected chi connectivity index (χ1v) is 10.8. The first-order valence-electron chi connectivity index (χ1n) is 9.01. The summed E-state index contributed by atoms with van der Waals surface area (Å²) in [6.45, 7) is 4.08. The van der Waals surface area contributed by atoms with Gasteiger partial charge in [-0.1, -0.05) is 42.5 Å². The molecule has 28 heavy (non-hydrogen) atoms. The van der Waals surface area contributed by atoms with Gasteiger partial charge in [0.15, 0.2) is 0 Å². The molecule has 0 saturated heterocycles. The molecule has 1 N–H and O–H groups in total. The van der Waals surface area contributed by atoms with Gasteiger partial charge < -0.3 is 5.32 Å². The molecule has 0 radical (unpaired) electrons. The highest BCUT2D eigenvalue weighted by molar-refractivity contribution is 7.99. The van der Waals surface area contributed by atoms with E-state index in [4.69, 9.17) is 0 Å². The van der Waals surface area contributed by atoms with Crippen LogP contribution >= 0.6 is 23.1 Å². The van der Waals surface area contributed by atoms with Crippen molar-refractivity contribution in [1.29, 1.82) is 0 Å². The van der Waals surface area contributed by atoms with Gasteiger partial charge in [0.25, 0.3) is 5.91 Å². The van der Waals surface area contributed by atoms with E-state index in [0.29, 0.717) is 5.56 Å². The molecule has 2 aromatic heterocycles. The molecule has 0 aliphatic rings. The van der Waals surface area contributed by atoms with Gasteiger partial charge in [-0.3, -0.25) is 4.79 Å². The van der Waals surface area contributed by atoms with E-state index >= 15 is 0 Å². The first kappa shape index (κ1) is 18.7. The molecule has 4 aromatic rings. The number of amides is 1. The average molecular weight is 406 g/mol. The Hall–Kier alpha value is -2.70. The van der Waals surface area contributed by atoms with Crippen molar-refractivity contribution in [3.8, 4) is 10.6 Å². The smallest absolute Gasteiger partial charge is 0.256 e. The van der Waals surface area contributed by atoms with Crippen molar-refractivity contribution in [3.05, 3.63) is 71.9 Å². The maximum Gasteiger partial charge on any atom is 0.256 e. The topological polar surface area (TPSA) is 54.9 Å². The average Bonchev–Trinajstić information content (AvgIpc) is 3.14. The van der Waals surface area contributed by atoms with Crippen LogP contribution in [0.15, 0.2) is 65.7 Å². The molecular formula is C22H19N3OS2. The monoisotopic (exact) mass is 405 g/mol. The van der Waals surface area contributed by atoms with Crippen LogP contribution in [0.1, 0.15) is 22.8 Å². The fourth-order valence-electron chi connectivity index (χ4n) is 2.91. The van der Waals surface area contributed by atoms with Gasteiger partial charge in [-0.05, 0) is 48.6 Å². The summed E-state index contributed by atoms with van der Waals surface area (Å²) in [6.07, 6.45) is 1.77. The van der Waals surface area contributed by atoms with Crippen LogP contribution in [0.5, 0.6) is 0 Å². The lowest BCUT2D eigenvalue weighted by molar-refractivity contribution is 0.102. The largest absolute Gasteiger partial charge is 0.322 e. The highest BCUT2D eigenvalue weighted by Gasteiger charge is 2.14. The Morgan fingerprint density at radius 1 is 1.14 bits per heavy atom. The molecule has 0 atom stereocenters. The van der Waals surface area contributed by atoms with E-state index in [9.17, 15) is 4.79 Å². The molecule has 0 spiro atoms. The molecule has 0 unspecified atom stereocenters. The zero-order chi connectivity index (χ0) is 19.5. The predicted octanol–water partition coefficient (Wildman–Crippen LogP) is 6.03. The molecule has 4 nitrogen and oxygen atoms in total. The minimum atomic E-state index is -0.0947. The van der Waals surface area contributed by atoms with Crippen LogP contribution in [0.4, 0.5) is 5.69 Å². The van der Waals surface area contributed by atoms with Gasteiger partial charge in [0, 0.05) is 22.3 Å². The zero-order valence-electron chi connectivity index (χ0n) is 15.6. The molecule has 2 heterocycles. The third-order valence-corrected chi connectivity index (χ3v) is 6.31. The Bertz CT molecular complexity index is 1120. The van der Waals surface area contributed by atoms with Gasteiger partial charge in [0.05, 0.1) is 5.56 Å². The highest BCUT2D eigenvalue weighted by Crippen LogP contribution is 2.32. The lowest BCUT2D eigenvalue weighted by Gasteiger charge is -2.12. The second-order valence-electron chi connectivity index (χ2n) is 6.26. The van der Waals surface area contributed by atoms with Gasteiger partial charge in [0.2, 0.25) is 0 Å². The third kappa shape index (κ3) is 3.79. The van der Waals surface area contributed by atoms with Gasteiger partial charge in [-0.25, -0.2) is 9.97 Å². The van der Waals surface area contributed by atoms with Crippen molar-refractivity contribution in [1.82, 2.24) is 9.97 Å². The van der Waals surface area contributed by atoms with Gasteiger partial charge in [0.1, 0.15) is 15.4 Å². The van der Waals surface area contributed by atoms with Crippen LogP contribution in [0, 0.1) is 6.92 Å². The number of pyridine rings is 1. The summed E-state index contributed by atoms with van der Waals surface area (Å²) in [5.41, 5.74) is 4.37. The lowest BCUT2D eigenvalue weighted by atomic mass is 10.1. The maximum atomic E-state index is 12.9. The maximum absolute atomic E-state index is 12.9. The minimum Gasteiger partial charge on any atom is -0.322 e. The Labute approximate surface area is 172 Å². The van der Waals surface area contributed by atoms with Crippen LogP contribution in [0.2, 0.25) is 0 Å². The van der Waals surface area contributed by atoms with Crippen molar-refractivity contribution < 1.29 is 4.79 Å². The summed E-state index contributed by atoms with van der Waals surface area (Å²) in [6, 6.07) is 17.6. The van der Waals surface area contributed by atoms with E-state index in [1.165, 1.54) is 0 Å². The number of benzene rings is 2. The van der Waals surface area contributed by atoms with Crippen molar-refractivity contribution in [3.63, 3.8) is 0 Å². The number of rotatable bonds is 5. The molecule has 0 fully saturated rings. The molecule has 2 aromatic carbocycles. The van der Waals surface area contributed by atoms with E-state index in [-0.39, 0.29) is 5.91 Å². The number of anilines is 1. The van der Waals surface area contributed by atoms with Crippen LogP contribution in [0.3, 0.4) is 0 Å². The van der Waals surface area contributed by atoms with E-state index in [2.05, 4.69) is 22.2 Å². The molecule has 0 aliphatic carbocycles. The predicted molar refractivity (Wildman–Crippen MR) is 118 cm³/mol. The van der Waals surface area contributed by atoms with Gasteiger partial charge in [-0.2, -0.15) is 0 Å². The summed E-state index contributed by atoms with van der Waals surface area (Å²) in [4.78, 5) is 23.8. The zero-order valence-corrected chi connectivity index (χ0v) is 17.2. The molecule has 0 bridgehead atoms. The second kappa shape index (κ2) is 8.12. The lowest BCUT2D eigenvalue weighted by Crippen LogP contribution is -2.14. The normalized spacial score (nSPS) is 10.9. The molecule has 0 saturated carbocycles. The van der Waals surface area contributed by atoms with Crippen molar-refractivity contribution in [2.75, 3.05) is 11.1 Å². The third-order valence-electron chi connectivity index (χ3n) is 4.33. The summed E-state index contributed by atoms with van der Waals surface area (Å²) >= 11 is 3.22. The van der Waals surface area contributed by atoms with Crippen molar-refractivity contribution in [2.24, 2.45) is 0 Å². The van der Waals surface area contributed by atoms with E-state index in [0.717, 1.165) is 42.8 Å². The number of nitrogens with zero attached hydrogens (tertiary/aromatic N) is 2. The Morgan fingerprint density at radius 2 is 2.00 bits per heavy atom. The number of hydrogen-bond acceptors (Lipinski definition) is 5. The number of carbonyl (C=O) groups excluding carboxylic acids is 1. The van der Waals surface area contributed by atoms with Gasteiger partial charge in [-0.15, -0.1) is 11.8 Å². The Balaban J connectivity index is 1.65. The summed E-state index contributed by atoms with van der Waals surface area (Å²) in [7, 11) is 0. The molecule has 4 rings (SSSR count). The standard InChI is InChI=1S/C22H19N3OS2/c1-3-27-19-9-5-4-7-16(19)20(26)24-18-13-15(11-10-14(18)2)21-25-17-8-6-12-23-22(17)28-21/h4-13H,3H2,1-2H3,(H,24,26). The minimum absolute atomic E-state index is 0.0947. The van der Waals surface area contributed by atoms with Gasteiger partial charge >= 0.3 is 0 Å². The fourth-order valence-corrected chi connectivity index (χ4v) is 4.61. The van der Waals surface area contributed by atoms with Crippen LogP contribution < -0.4 is 5.32 Å². The molecule has 1 amide bonds. The molecule has 0 aliphatic heterocycles. The SMILES string of the molecule is CCSc1ccccc1C(=O)Nc1cc(-c2nc3cccnc3s2)ccc1C. The number of fused-ring (bicyclic) bond motifs is 1. The van der Waals surface area contributed by atoms with Crippen LogP contribution in [0.25, 0.3) is 20.9 Å². The number of carbonyl (C=O) groups is 1. The quantitative estimate of drug-likeness (QED) is 0.412.